The van der Waals surface area contributed by atoms with Crippen LogP contribution in [0.25, 0.3) is 0 Å². The number of nitrogens with two attached hydrogens (primary N) is 1. The van der Waals surface area contributed by atoms with Gasteiger partial charge in [0.1, 0.15) is 11.9 Å². The second-order valence-electron chi connectivity index (χ2n) is 7.69. The van der Waals surface area contributed by atoms with Crippen LogP contribution in [-0.4, -0.2) is 50.8 Å². The number of hydrogen-bond donors (Lipinski definition) is 2. The monoisotopic (exact) mass is 430 g/mol. The van der Waals surface area contributed by atoms with Crippen molar-refractivity contribution >= 4 is 29.2 Å². The van der Waals surface area contributed by atoms with Crippen molar-refractivity contribution < 1.29 is 9.59 Å². The van der Waals surface area contributed by atoms with Crippen LogP contribution in [0.15, 0.2) is 24.5 Å². The Morgan fingerprint density at radius 3 is 2.70 bits per heavy atom. The van der Waals surface area contributed by atoms with Crippen LogP contribution in [0.4, 0.5) is 5.82 Å². The van der Waals surface area contributed by atoms with Crippen LogP contribution in [0.2, 0.25) is 5.28 Å². The number of anilines is 1. The number of nitrogens with zero attached hydrogens (tertiary/aromatic N) is 4. The van der Waals surface area contributed by atoms with E-state index in [1.165, 1.54) is 6.20 Å². The molecule has 1 saturated heterocycles. The zero-order chi connectivity index (χ0) is 21.7. The van der Waals surface area contributed by atoms with Crippen molar-refractivity contribution in [3.8, 4) is 0 Å². The predicted octanol–water partition coefficient (Wildman–Crippen LogP) is 2.41. The fourth-order valence-electron chi connectivity index (χ4n) is 3.80. The Balaban J connectivity index is 1.47. The van der Waals surface area contributed by atoms with E-state index in [1.54, 1.807) is 25.3 Å². The van der Waals surface area contributed by atoms with Crippen LogP contribution in [0.3, 0.4) is 0 Å². The van der Waals surface area contributed by atoms with Gasteiger partial charge in [-0.05, 0) is 69.2 Å². The van der Waals surface area contributed by atoms with Gasteiger partial charge < -0.3 is 16.0 Å². The number of aryl methyl sites for hydroxylation is 1. The highest BCUT2D eigenvalue weighted by Crippen LogP contribution is 2.25. The number of nitrogen functional groups attached to an aromatic ring is 1. The molecule has 0 spiro atoms. The normalized spacial score (nSPS) is 15.6. The Morgan fingerprint density at radius 2 is 2.07 bits per heavy atom. The third-order valence-electron chi connectivity index (χ3n) is 5.59. The van der Waals surface area contributed by atoms with Crippen molar-refractivity contribution in [3.05, 3.63) is 46.6 Å². The smallest absolute Gasteiger partial charge is 0.253 e. The highest BCUT2D eigenvalue weighted by Gasteiger charge is 2.27. The Hall–Kier alpha value is -2.74. The molecule has 0 radical (unpaired) electrons. The van der Waals surface area contributed by atoms with Crippen molar-refractivity contribution in [2.24, 2.45) is 5.92 Å². The lowest BCUT2D eigenvalue weighted by Gasteiger charge is -2.33. The van der Waals surface area contributed by atoms with E-state index in [1.807, 2.05) is 11.8 Å². The van der Waals surface area contributed by atoms with Crippen molar-refractivity contribution in [1.29, 1.82) is 0 Å². The maximum absolute atomic E-state index is 12.7. The molecule has 1 aliphatic heterocycles. The van der Waals surface area contributed by atoms with Gasteiger partial charge in [-0.1, -0.05) is 0 Å². The number of hydrogen-bond acceptors (Lipinski definition) is 6. The van der Waals surface area contributed by atoms with Gasteiger partial charge in [0.05, 0.1) is 5.56 Å². The topological polar surface area (TPSA) is 114 Å². The first kappa shape index (κ1) is 22.0. The molecule has 0 bridgehead atoms. The summed E-state index contributed by atoms with van der Waals surface area (Å²) in [6.07, 6.45) is 6.69. The number of likely N-dealkylation sites (tertiary alicyclic amines) is 1. The van der Waals surface area contributed by atoms with Gasteiger partial charge in [-0.3, -0.25) is 14.6 Å². The van der Waals surface area contributed by atoms with Crippen LogP contribution in [0.1, 0.15) is 47.8 Å². The second-order valence-corrected chi connectivity index (χ2v) is 8.02. The number of carbonyl (C=O) groups excluding carboxylic acids is 2. The summed E-state index contributed by atoms with van der Waals surface area (Å²) in [5.41, 5.74) is 8.20. The molecule has 1 atom stereocenters. The molecule has 1 unspecified atom stereocenters. The molecule has 1 aliphatic rings. The fraction of sp³-hybridized carbons (Fsp3) is 0.476. The summed E-state index contributed by atoms with van der Waals surface area (Å²) in [5, 5.41) is 2.93. The maximum Gasteiger partial charge on any atom is 0.253 e. The molecule has 0 saturated carbocycles. The molecule has 0 aliphatic carbocycles. The van der Waals surface area contributed by atoms with Gasteiger partial charge in [-0.2, -0.15) is 0 Å². The van der Waals surface area contributed by atoms with E-state index in [-0.39, 0.29) is 17.1 Å². The molecule has 3 N–H and O–H groups in total. The number of nitrogens with one attached hydrogen (secondary N) is 1. The number of halogens is 1. The molecule has 0 aromatic carbocycles. The standard InChI is InChI=1S/C21H27ClN6O2/c1-13-17(18(23)27-21(22)26-13)6-5-15-7-10-28(11-8-15)20(30)14(2)25-19(29)16-4-3-9-24-12-16/h3-4,9,12,14-15H,5-8,10-11H2,1-2H3,(H,25,29)(H2,23,26,27). The average Bonchev–Trinajstić information content (AvgIpc) is 2.73. The number of amides is 2. The van der Waals surface area contributed by atoms with Crippen molar-refractivity contribution in [2.75, 3.05) is 18.8 Å². The number of carbonyl (C=O) groups is 2. The Labute approximate surface area is 181 Å². The minimum absolute atomic E-state index is 0.0584. The van der Waals surface area contributed by atoms with E-state index >= 15 is 0 Å². The van der Waals surface area contributed by atoms with Gasteiger partial charge >= 0.3 is 0 Å². The van der Waals surface area contributed by atoms with Crippen molar-refractivity contribution in [1.82, 2.24) is 25.2 Å². The molecular formula is C21H27ClN6O2. The fourth-order valence-corrected chi connectivity index (χ4v) is 4.01. The van der Waals surface area contributed by atoms with E-state index in [4.69, 9.17) is 17.3 Å². The SMILES string of the molecule is Cc1nc(Cl)nc(N)c1CCC1CCN(C(=O)C(C)NC(=O)c2cccnc2)CC1. The second kappa shape index (κ2) is 9.84. The van der Waals surface area contributed by atoms with E-state index < -0.39 is 6.04 Å². The van der Waals surface area contributed by atoms with E-state index in [0.29, 0.717) is 30.4 Å². The van der Waals surface area contributed by atoms with Crippen LogP contribution >= 0.6 is 11.6 Å². The van der Waals surface area contributed by atoms with Crippen molar-refractivity contribution in [2.45, 2.75) is 45.6 Å². The summed E-state index contributed by atoms with van der Waals surface area (Å²) >= 11 is 5.84. The molecule has 3 rings (SSSR count). The van der Waals surface area contributed by atoms with Gasteiger partial charge in [0.25, 0.3) is 5.91 Å². The Kier molecular flexibility index (Phi) is 7.20. The van der Waals surface area contributed by atoms with Crippen LogP contribution in [-0.2, 0) is 11.2 Å². The number of aromatic nitrogens is 3. The lowest BCUT2D eigenvalue weighted by Crippen LogP contribution is -2.49. The molecule has 2 aromatic rings. The molecular weight excluding hydrogens is 404 g/mol. The molecule has 160 valence electrons. The summed E-state index contributed by atoms with van der Waals surface area (Å²) in [4.78, 5) is 38.9. The van der Waals surface area contributed by atoms with Crippen molar-refractivity contribution in [3.63, 3.8) is 0 Å². The quantitative estimate of drug-likeness (QED) is 0.680. The Bertz CT molecular complexity index is 877. The van der Waals surface area contributed by atoms with Gasteiger partial charge in [-0.25, -0.2) is 9.97 Å². The molecule has 1 fully saturated rings. The summed E-state index contributed by atoms with van der Waals surface area (Å²) in [6, 6.07) is 2.78. The lowest BCUT2D eigenvalue weighted by molar-refractivity contribution is -0.134. The molecule has 2 aromatic heterocycles. The molecule has 8 nitrogen and oxygen atoms in total. The highest BCUT2D eigenvalue weighted by molar-refractivity contribution is 6.28. The van der Waals surface area contributed by atoms with Crippen LogP contribution < -0.4 is 11.1 Å². The zero-order valence-electron chi connectivity index (χ0n) is 17.3. The number of pyridine rings is 1. The Morgan fingerprint density at radius 1 is 1.33 bits per heavy atom. The van der Waals surface area contributed by atoms with Crippen LogP contribution in [0.5, 0.6) is 0 Å². The van der Waals surface area contributed by atoms with Crippen LogP contribution in [0, 0.1) is 12.8 Å². The summed E-state index contributed by atoms with van der Waals surface area (Å²) in [5.74, 6) is 0.593. The molecule has 2 amide bonds. The number of rotatable bonds is 6. The first-order valence-electron chi connectivity index (χ1n) is 10.1. The highest BCUT2D eigenvalue weighted by atomic mass is 35.5. The minimum atomic E-state index is -0.581. The molecule has 30 heavy (non-hydrogen) atoms. The van der Waals surface area contributed by atoms with E-state index in [9.17, 15) is 9.59 Å². The maximum atomic E-state index is 12.7. The van der Waals surface area contributed by atoms with E-state index in [2.05, 4.69) is 20.3 Å². The first-order valence-corrected chi connectivity index (χ1v) is 10.5. The predicted molar refractivity (Wildman–Crippen MR) is 115 cm³/mol. The first-order chi connectivity index (χ1) is 14.3. The summed E-state index contributed by atoms with van der Waals surface area (Å²) < 4.78 is 0. The third-order valence-corrected chi connectivity index (χ3v) is 5.76. The summed E-state index contributed by atoms with van der Waals surface area (Å²) in [6.45, 7) is 4.97. The van der Waals surface area contributed by atoms with Gasteiger partial charge in [0, 0.05) is 36.7 Å². The average molecular weight is 431 g/mol. The number of piperidine rings is 1. The third kappa shape index (κ3) is 5.44. The zero-order valence-corrected chi connectivity index (χ0v) is 18.0. The molecule has 9 heteroatoms. The van der Waals surface area contributed by atoms with Gasteiger partial charge in [-0.15, -0.1) is 0 Å². The largest absolute Gasteiger partial charge is 0.383 e. The molecule has 3 heterocycles. The van der Waals surface area contributed by atoms with Gasteiger partial charge in [0.2, 0.25) is 11.2 Å². The van der Waals surface area contributed by atoms with E-state index in [0.717, 1.165) is 36.9 Å². The summed E-state index contributed by atoms with van der Waals surface area (Å²) in [7, 11) is 0. The van der Waals surface area contributed by atoms with Gasteiger partial charge in [0.15, 0.2) is 0 Å². The lowest BCUT2D eigenvalue weighted by atomic mass is 9.90. The minimum Gasteiger partial charge on any atom is -0.383 e.